The molecule has 0 saturated carbocycles. The van der Waals surface area contributed by atoms with Crippen molar-refractivity contribution in [2.45, 2.75) is 13.1 Å². The minimum atomic E-state index is 0.882. The summed E-state index contributed by atoms with van der Waals surface area (Å²) >= 11 is 0. The van der Waals surface area contributed by atoms with Crippen molar-refractivity contribution in [1.29, 1.82) is 0 Å². The summed E-state index contributed by atoms with van der Waals surface area (Å²) in [5, 5.41) is 4.40. The van der Waals surface area contributed by atoms with Crippen LogP contribution < -0.4 is 5.32 Å². The Labute approximate surface area is 112 Å². The maximum absolute atomic E-state index is 4.40. The number of rotatable bonds is 4. The summed E-state index contributed by atoms with van der Waals surface area (Å²) in [6, 6.07) is 12.5. The molecule has 1 aromatic carbocycles. The Hall–Kier alpha value is -2.13. The largest absolute Gasteiger partial charge is 0.350 e. The van der Waals surface area contributed by atoms with Gasteiger partial charge in [0.25, 0.3) is 0 Å². The second-order valence-corrected chi connectivity index (χ2v) is 4.71. The van der Waals surface area contributed by atoms with Gasteiger partial charge >= 0.3 is 0 Å². The highest BCUT2D eigenvalue weighted by Gasteiger charge is 2.02. The van der Waals surface area contributed by atoms with Gasteiger partial charge in [-0.15, -0.1) is 0 Å². The molecule has 3 heteroatoms. The molecule has 0 spiro atoms. The Balaban J connectivity index is 1.92. The molecule has 1 N–H and O–H groups in total. The fourth-order valence-electron chi connectivity index (χ4n) is 2.39. The van der Waals surface area contributed by atoms with E-state index in [1.807, 2.05) is 19.3 Å². The maximum atomic E-state index is 4.40. The van der Waals surface area contributed by atoms with Crippen LogP contribution in [-0.4, -0.2) is 16.6 Å². The first-order chi connectivity index (χ1) is 9.36. The minimum absolute atomic E-state index is 0.882. The molecule has 3 aromatic rings. The van der Waals surface area contributed by atoms with Gasteiger partial charge in [0.05, 0.1) is 5.52 Å². The number of hydrogen-bond acceptors (Lipinski definition) is 2. The summed E-state index contributed by atoms with van der Waals surface area (Å²) in [7, 11) is 1.97. The van der Waals surface area contributed by atoms with E-state index in [0.717, 1.165) is 18.6 Å². The molecular formula is C16H17N3. The molecular weight excluding hydrogens is 234 g/mol. The van der Waals surface area contributed by atoms with Crippen LogP contribution in [0, 0.1) is 0 Å². The standard InChI is InChI=1S/C16H17N3/c1-17-10-13-7-9-19(11-13)12-14-6-8-18-16-5-3-2-4-15(14)16/h2-9,11,17H,10,12H2,1H3. The molecule has 0 aliphatic heterocycles. The second-order valence-electron chi connectivity index (χ2n) is 4.71. The number of pyridine rings is 1. The number of fused-ring (bicyclic) bond motifs is 1. The lowest BCUT2D eigenvalue weighted by molar-refractivity contribution is 0.785. The maximum Gasteiger partial charge on any atom is 0.0705 e. The molecule has 96 valence electrons. The van der Waals surface area contributed by atoms with E-state index in [-0.39, 0.29) is 0 Å². The number of benzene rings is 1. The Morgan fingerprint density at radius 2 is 2.05 bits per heavy atom. The summed E-state index contributed by atoms with van der Waals surface area (Å²) in [6.07, 6.45) is 6.20. The number of hydrogen-bond donors (Lipinski definition) is 1. The zero-order valence-electron chi connectivity index (χ0n) is 11.0. The van der Waals surface area contributed by atoms with E-state index in [2.05, 4.69) is 57.6 Å². The Morgan fingerprint density at radius 3 is 2.95 bits per heavy atom. The summed E-state index contributed by atoms with van der Waals surface area (Å²) in [5.41, 5.74) is 3.67. The molecule has 3 nitrogen and oxygen atoms in total. The van der Waals surface area contributed by atoms with E-state index in [1.165, 1.54) is 16.5 Å². The molecule has 0 bridgehead atoms. The van der Waals surface area contributed by atoms with Gasteiger partial charge in [-0.3, -0.25) is 4.98 Å². The first-order valence-corrected chi connectivity index (χ1v) is 6.49. The lowest BCUT2D eigenvalue weighted by Crippen LogP contribution is -2.04. The van der Waals surface area contributed by atoms with Crippen molar-refractivity contribution < 1.29 is 0 Å². The lowest BCUT2D eigenvalue weighted by Gasteiger charge is -2.07. The Morgan fingerprint density at radius 1 is 1.16 bits per heavy atom. The number of nitrogens with one attached hydrogen (secondary N) is 1. The molecule has 0 aliphatic rings. The molecule has 0 radical (unpaired) electrons. The first kappa shape index (κ1) is 11.9. The smallest absolute Gasteiger partial charge is 0.0705 e. The van der Waals surface area contributed by atoms with Crippen molar-refractivity contribution in [3.05, 3.63) is 66.1 Å². The average molecular weight is 251 g/mol. The topological polar surface area (TPSA) is 29.9 Å². The van der Waals surface area contributed by atoms with Crippen molar-refractivity contribution in [2.75, 3.05) is 7.05 Å². The highest BCUT2D eigenvalue weighted by Crippen LogP contribution is 2.17. The van der Waals surface area contributed by atoms with Crippen LogP contribution in [0.15, 0.2) is 55.0 Å². The molecule has 0 unspecified atom stereocenters. The third-order valence-electron chi connectivity index (χ3n) is 3.28. The van der Waals surface area contributed by atoms with Gasteiger partial charge in [-0.1, -0.05) is 18.2 Å². The Bertz CT molecular complexity index is 680. The van der Waals surface area contributed by atoms with Gasteiger partial charge in [0.15, 0.2) is 0 Å². The van der Waals surface area contributed by atoms with Gasteiger partial charge in [-0.2, -0.15) is 0 Å². The normalized spacial score (nSPS) is 11.0. The summed E-state index contributed by atoms with van der Waals surface area (Å²) in [6.45, 7) is 1.79. The van der Waals surface area contributed by atoms with Gasteiger partial charge < -0.3 is 9.88 Å². The van der Waals surface area contributed by atoms with Crippen molar-refractivity contribution >= 4 is 10.9 Å². The van der Waals surface area contributed by atoms with Gasteiger partial charge in [0, 0.05) is 37.1 Å². The number of aromatic nitrogens is 2. The van der Waals surface area contributed by atoms with Crippen LogP contribution in [0.25, 0.3) is 10.9 Å². The van der Waals surface area contributed by atoms with E-state index in [9.17, 15) is 0 Å². The molecule has 2 heterocycles. The van der Waals surface area contributed by atoms with Crippen LogP contribution in [0.2, 0.25) is 0 Å². The zero-order valence-corrected chi connectivity index (χ0v) is 11.0. The molecule has 0 fully saturated rings. The molecule has 0 saturated heterocycles. The summed E-state index contributed by atoms with van der Waals surface area (Å²) in [5.74, 6) is 0. The third kappa shape index (κ3) is 2.51. The molecule has 19 heavy (non-hydrogen) atoms. The van der Waals surface area contributed by atoms with Crippen LogP contribution >= 0.6 is 0 Å². The van der Waals surface area contributed by atoms with E-state index in [1.54, 1.807) is 0 Å². The van der Waals surface area contributed by atoms with Gasteiger partial charge in [-0.25, -0.2) is 0 Å². The zero-order chi connectivity index (χ0) is 13.1. The van der Waals surface area contributed by atoms with Crippen molar-refractivity contribution in [3.8, 4) is 0 Å². The predicted octanol–water partition coefficient (Wildman–Crippen LogP) is 2.80. The van der Waals surface area contributed by atoms with E-state index >= 15 is 0 Å². The third-order valence-corrected chi connectivity index (χ3v) is 3.28. The van der Waals surface area contributed by atoms with Gasteiger partial charge in [0.2, 0.25) is 0 Å². The Kier molecular flexibility index (Phi) is 3.29. The first-order valence-electron chi connectivity index (χ1n) is 6.49. The van der Waals surface area contributed by atoms with Crippen LogP contribution in [0.4, 0.5) is 0 Å². The van der Waals surface area contributed by atoms with Crippen LogP contribution in [0.3, 0.4) is 0 Å². The van der Waals surface area contributed by atoms with Crippen molar-refractivity contribution in [3.63, 3.8) is 0 Å². The van der Waals surface area contributed by atoms with Crippen molar-refractivity contribution in [1.82, 2.24) is 14.9 Å². The van der Waals surface area contributed by atoms with Crippen LogP contribution in [-0.2, 0) is 13.1 Å². The van der Waals surface area contributed by atoms with Gasteiger partial charge in [0.1, 0.15) is 0 Å². The monoisotopic (exact) mass is 251 g/mol. The highest BCUT2D eigenvalue weighted by atomic mass is 14.9. The number of para-hydroxylation sites is 1. The van der Waals surface area contributed by atoms with Crippen LogP contribution in [0.1, 0.15) is 11.1 Å². The summed E-state index contributed by atoms with van der Waals surface area (Å²) in [4.78, 5) is 4.40. The average Bonchev–Trinajstić information content (AvgIpc) is 2.87. The SMILES string of the molecule is CNCc1ccn(Cc2ccnc3ccccc23)c1. The van der Waals surface area contributed by atoms with Gasteiger partial charge in [-0.05, 0) is 36.4 Å². The minimum Gasteiger partial charge on any atom is -0.350 e. The van der Waals surface area contributed by atoms with Crippen molar-refractivity contribution in [2.24, 2.45) is 0 Å². The fraction of sp³-hybridized carbons (Fsp3) is 0.188. The predicted molar refractivity (Wildman–Crippen MR) is 78.0 cm³/mol. The summed E-state index contributed by atoms with van der Waals surface area (Å²) < 4.78 is 2.22. The molecule has 2 aromatic heterocycles. The van der Waals surface area contributed by atoms with E-state index in [0.29, 0.717) is 0 Å². The number of nitrogens with zero attached hydrogens (tertiary/aromatic N) is 2. The highest BCUT2D eigenvalue weighted by molar-refractivity contribution is 5.81. The lowest BCUT2D eigenvalue weighted by atomic mass is 10.1. The molecule has 0 atom stereocenters. The van der Waals surface area contributed by atoms with E-state index in [4.69, 9.17) is 0 Å². The second kappa shape index (κ2) is 5.24. The van der Waals surface area contributed by atoms with E-state index < -0.39 is 0 Å². The van der Waals surface area contributed by atoms with Crippen LogP contribution in [0.5, 0.6) is 0 Å². The molecule has 0 amide bonds. The fourth-order valence-corrected chi connectivity index (χ4v) is 2.39. The quantitative estimate of drug-likeness (QED) is 0.772. The molecule has 0 aliphatic carbocycles. The molecule has 3 rings (SSSR count).